The van der Waals surface area contributed by atoms with Gasteiger partial charge in [-0.15, -0.1) is 11.3 Å². The summed E-state index contributed by atoms with van der Waals surface area (Å²) in [5.41, 5.74) is 6.08. The number of hydrogen-bond donors (Lipinski definition) is 2. The summed E-state index contributed by atoms with van der Waals surface area (Å²) in [5, 5.41) is 9.35. The maximum atomic E-state index is 13.9. The molecule has 37 heavy (non-hydrogen) atoms. The molecule has 0 spiro atoms. The Bertz CT molecular complexity index is 2090. The summed E-state index contributed by atoms with van der Waals surface area (Å²) in [4.78, 5) is 37.0. The highest BCUT2D eigenvalue weighted by atomic mass is 32.1. The van der Waals surface area contributed by atoms with Gasteiger partial charge < -0.3 is 4.98 Å². The van der Waals surface area contributed by atoms with Gasteiger partial charge in [0.2, 0.25) is 5.91 Å². The molecule has 0 atom stereocenters. The summed E-state index contributed by atoms with van der Waals surface area (Å²) < 4.78 is 2.77. The lowest BCUT2D eigenvalue weighted by molar-refractivity contribution is 0.0847. The van der Waals surface area contributed by atoms with Gasteiger partial charge in [0.15, 0.2) is 5.65 Å². The number of nitrogens with one attached hydrogen (secondary N) is 2. The number of carbonyl (C=O) groups is 1. The Morgan fingerprint density at radius 1 is 0.973 bits per heavy atom. The van der Waals surface area contributed by atoms with Crippen LogP contribution < -0.4 is 0 Å². The molecule has 1 saturated carbocycles. The zero-order chi connectivity index (χ0) is 24.5. The summed E-state index contributed by atoms with van der Waals surface area (Å²) in [6, 6.07) is 9.92. The van der Waals surface area contributed by atoms with E-state index < -0.39 is 0 Å². The first-order valence-electron chi connectivity index (χ1n) is 12.3. The van der Waals surface area contributed by atoms with Crippen LogP contribution in [0.4, 0.5) is 0 Å². The minimum atomic E-state index is 0.00899. The topological polar surface area (TPSA) is 118 Å². The number of thiophene rings is 1. The molecule has 1 fully saturated rings. The number of rotatable bonds is 1. The summed E-state index contributed by atoms with van der Waals surface area (Å²) >= 11 is 1.54. The Hall–Kier alpha value is -4.44. The lowest BCUT2D eigenvalue weighted by Gasteiger charge is -2.12. The third-order valence-corrected chi connectivity index (χ3v) is 8.40. The fourth-order valence-corrected chi connectivity index (χ4v) is 6.50. The normalized spacial score (nSPS) is 14.6. The Balaban J connectivity index is 1.60. The van der Waals surface area contributed by atoms with E-state index in [-0.39, 0.29) is 11.8 Å². The molecule has 2 N–H and O–H groups in total. The molecule has 10 heteroatoms. The molecule has 0 aliphatic heterocycles. The van der Waals surface area contributed by atoms with Gasteiger partial charge in [-0.05, 0) is 43.2 Å². The predicted octanol–water partition coefficient (Wildman–Crippen LogP) is 6.05. The first-order valence-corrected chi connectivity index (χ1v) is 13.1. The molecule has 0 amide bonds. The van der Waals surface area contributed by atoms with E-state index in [0.29, 0.717) is 11.2 Å². The Kier molecular flexibility index (Phi) is 4.36. The number of aromatic nitrogens is 8. The summed E-state index contributed by atoms with van der Waals surface area (Å²) in [6.45, 7) is 0. The monoisotopic (exact) mass is 504 g/mol. The van der Waals surface area contributed by atoms with Crippen molar-refractivity contribution in [1.82, 2.24) is 39.7 Å². The highest BCUT2D eigenvalue weighted by Crippen LogP contribution is 2.32. The molecule has 0 radical (unpaired) electrons. The van der Waals surface area contributed by atoms with Gasteiger partial charge in [0.1, 0.15) is 21.4 Å². The third-order valence-electron chi connectivity index (χ3n) is 7.32. The van der Waals surface area contributed by atoms with E-state index in [2.05, 4.69) is 30.1 Å². The van der Waals surface area contributed by atoms with Crippen LogP contribution in [0.2, 0.25) is 0 Å². The number of aromatic amines is 2. The molecule has 9 nitrogen and oxygen atoms in total. The highest BCUT2D eigenvalue weighted by Gasteiger charge is 2.25. The van der Waals surface area contributed by atoms with Crippen LogP contribution in [-0.4, -0.2) is 45.6 Å². The van der Waals surface area contributed by atoms with Crippen LogP contribution in [0.25, 0.3) is 64.6 Å². The molecule has 180 valence electrons. The van der Waals surface area contributed by atoms with E-state index >= 15 is 0 Å². The van der Waals surface area contributed by atoms with E-state index in [9.17, 15) is 4.79 Å². The van der Waals surface area contributed by atoms with E-state index in [1.165, 1.54) is 11.3 Å². The molecule has 7 heterocycles. The van der Waals surface area contributed by atoms with Crippen molar-refractivity contribution in [2.45, 2.75) is 25.7 Å². The van der Waals surface area contributed by atoms with E-state index in [4.69, 9.17) is 4.98 Å². The quantitative estimate of drug-likeness (QED) is 0.281. The standard InChI is InChI=1S/C27H20N8OS/c36-27(14-3-1-2-4-14)35-16-9-15(11-28-12-16)19-10-17-20(13-30-19)33-34-23(17)26-31-18-7-8-29-25(24(18)32-26)21-5-6-22(35)37-21/h5-14H,1-4H2,(H,31,32)(H,33,34). The average Bonchev–Trinajstić information content (AvgIpc) is 3.73. The predicted molar refractivity (Wildman–Crippen MR) is 145 cm³/mol. The van der Waals surface area contributed by atoms with Crippen molar-refractivity contribution >= 4 is 81.8 Å². The average molecular weight is 505 g/mol. The van der Waals surface area contributed by atoms with Crippen molar-refractivity contribution in [3.8, 4) is 0 Å². The second-order valence-corrected chi connectivity index (χ2v) is 10.6. The first kappa shape index (κ1) is 20.7. The van der Waals surface area contributed by atoms with Gasteiger partial charge in [-0.3, -0.25) is 29.4 Å². The van der Waals surface area contributed by atoms with Gasteiger partial charge >= 0.3 is 0 Å². The molecule has 7 aromatic rings. The van der Waals surface area contributed by atoms with Crippen molar-refractivity contribution in [3.05, 3.63) is 55.1 Å². The number of pyridine rings is 3. The molecule has 0 unspecified atom stereocenters. The maximum Gasteiger partial charge on any atom is 0.235 e. The van der Waals surface area contributed by atoms with Crippen LogP contribution in [0.3, 0.4) is 0 Å². The SMILES string of the molecule is O=C(C1CCCC1)n1c2cncc(c2)c2cc3c(cn2)[nH]nc3c2nc3c(ccnc3c3ccc1s3)[nH]2. The zero-order valence-electron chi connectivity index (χ0n) is 19.6. The van der Waals surface area contributed by atoms with Crippen LogP contribution >= 0.6 is 11.3 Å². The van der Waals surface area contributed by atoms with Crippen LogP contribution in [0, 0.1) is 5.92 Å². The molecular weight excluding hydrogens is 484 g/mol. The summed E-state index contributed by atoms with van der Waals surface area (Å²) in [5.74, 6) is 0.123. The fraction of sp³-hybridized carbons (Fsp3) is 0.185. The lowest BCUT2D eigenvalue weighted by Crippen LogP contribution is -2.19. The van der Waals surface area contributed by atoms with Gasteiger partial charge in [-0.2, -0.15) is 5.10 Å². The van der Waals surface area contributed by atoms with Gasteiger partial charge in [-0.25, -0.2) is 4.98 Å². The number of nitrogens with zero attached hydrogens (tertiary/aromatic N) is 6. The molecule has 0 saturated heterocycles. The van der Waals surface area contributed by atoms with Crippen molar-refractivity contribution in [2.24, 2.45) is 5.92 Å². The molecule has 7 aromatic heterocycles. The Morgan fingerprint density at radius 2 is 1.89 bits per heavy atom. The third kappa shape index (κ3) is 3.15. The largest absolute Gasteiger partial charge is 0.336 e. The van der Waals surface area contributed by atoms with E-state index in [1.807, 2.05) is 34.9 Å². The highest BCUT2D eigenvalue weighted by molar-refractivity contribution is 7.24. The van der Waals surface area contributed by atoms with Crippen LogP contribution in [-0.2, 0) is 0 Å². The van der Waals surface area contributed by atoms with Gasteiger partial charge in [0.25, 0.3) is 0 Å². The van der Waals surface area contributed by atoms with Crippen LogP contribution in [0.15, 0.2) is 55.1 Å². The van der Waals surface area contributed by atoms with Gasteiger partial charge in [0.05, 0.1) is 39.2 Å². The maximum absolute atomic E-state index is 13.9. The van der Waals surface area contributed by atoms with Gasteiger partial charge in [0, 0.05) is 29.1 Å². The number of imidazole rings is 1. The van der Waals surface area contributed by atoms with E-state index in [0.717, 1.165) is 79.1 Å². The number of fused-ring (bicyclic) bond motifs is 9. The first-order chi connectivity index (χ1) is 18.2. The molecule has 8 rings (SSSR count). The number of hydrogen-bond acceptors (Lipinski definition) is 7. The second-order valence-electron chi connectivity index (χ2n) is 9.55. The summed E-state index contributed by atoms with van der Waals surface area (Å²) in [7, 11) is 0. The fourth-order valence-electron chi connectivity index (χ4n) is 5.47. The Labute approximate surface area is 212 Å². The Morgan fingerprint density at radius 3 is 2.81 bits per heavy atom. The van der Waals surface area contributed by atoms with Gasteiger partial charge in [-0.1, -0.05) is 12.8 Å². The molecule has 8 bridgehead atoms. The van der Waals surface area contributed by atoms with Crippen molar-refractivity contribution in [1.29, 1.82) is 0 Å². The zero-order valence-corrected chi connectivity index (χ0v) is 20.4. The minimum Gasteiger partial charge on any atom is -0.336 e. The lowest BCUT2D eigenvalue weighted by atomic mass is 10.1. The van der Waals surface area contributed by atoms with Crippen molar-refractivity contribution in [3.63, 3.8) is 0 Å². The number of H-pyrrole nitrogens is 2. The molecule has 1 aliphatic carbocycles. The van der Waals surface area contributed by atoms with Crippen LogP contribution in [0.5, 0.6) is 0 Å². The van der Waals surface area contributed by atoms with Crippen molar-refractivity contribution in [2.75, 3.05) is 0 Å². The van der Waals surface area contributed by atoms with Crippen molar-refractivity contribution < 1.29 is 4.79 Å². The second kappa shape index (κ2) is 7.78. The number of carbonyl (C=O) groups excluding carboxylic acids is 1. The molecular formula is C27H20N8OS. The molecule has 1 aliphatic rings. The minimum absolute atomic E-state index is 0.00899. The molecule has 0 aromatic carbocycles. The summed E-state index contributed by atoms with van der Waals surface area (Å²) in [6.07, 6.45) is 11.1. The van der Waals surface area contributed by atoms with Crippen LogP contribution in [0.1, 0.15) is 30.5 Å². The van der Waals surface area contributed by atoms with E-state index in [1.54, 1.807) is 24.8 Å². The smallest absolute Gasteiger partial charge is 0.235 e.